The Bertz CT molecular complexity index is 3660. The zero-order valence-electron chi connectivity index (χ0n) is 81.1. The molecular weight excluding hydrogens is 1530 g/mol. The highest BCUT2D eigenvalue weighted by atomic mass is 19.3. The molecule has 0 heterocycles. The third kappa shape index (κ3) is 26.5. The van der Waals surface area contributed by atoms with Crippen molar-refractivity contribution in [2.24, 2.45) is 109 Å². The van der Waals surface area contributed by atoms with Crippen LogP contribution in [0, 0.1) is 116 Å². The molecule has 4 aromatic carbocycles. The number of alkyl halides is 6. The van der Waals surface area contributed by atoms with Crippen LogP contribution in [-0.4, -0.2) is 35.7 Å². The molecule has 122 heavy (non-hydrogen) atoms. The number of halogens is 6. The standard InChI is InChI=1S/C38H58F2O2.C32H48F2O2.C32H42F2O2.4C2H6/c1-26-6-8-27(9-7-26)28-10-12-29(13-11-28)30-14-24-35(25-15-30)42-38(39,40)33-18-16-31(17-19-33)36(2,3)37(4,5)32-20-22-34(41)23-21-32;2*1-22-6-8-23(9-7-22)24-10-20-29(21-11-24)36-32(33,34)27-14-12-25(13-15-27)30(2,3)31(4,5)26-16-18-28(35)19-17-26;4*1-2/h14-15,24-29,31-33H,6-13,16-23H2,1-5H3;10-11,20-23,25-27H,6-9,12-19H2,1-5H3;6-11,20-21,25-27H,12-19H2,1-5H3;4*1-2H3. The average Bonchev–Trinajstić information content (AvgIpc) is 0.768. The van der Waals surface area contributed by atoms with Crippen LogP contribution in [0.1, 0.15) is 412 Å². The van der Waals surface area contributed by atoms with Gasteiger partial charge in [0.05, 0.1) is 17.8 Å². The van der Waals surface area contributed by atoms with Gasteiger partial charge in [-0.3, -0.25) is 14.4 Å². The second-order valence-electron chi connectivity index (χ2n) is 42.0. The Balaban J connectivity index is 0.000000242. The van der Waals surface area contributed by atoms with Crippen molar-refractivity contribution < 1.29 is 54.9 Å². The fraction of sp³-hybridized carbons (Fsp3) is 0.755. The molecule has 13 rings (SSSR count). The van der Waals surface area contributed by atoms with Gasteiger partial charge in [0, 0.05) is 38.5 Å². The molecule has 0 radical (unpaired) electrons. The van der Waals surface area contributed by atoms with Gasteiger partial charge in [-0.25, -0.2) is 0 Å². The fourth-order valence-electron chi connectivity index (χ4n) is 23.7. The first-order chi connectivity index (χ1) is 57.7. The quantitative estimate of drug-likeness (QED) is 0.0730. The van der Waals surface area contributed by atoms with Crippen LogP contribution in [0.4, 0.5) is 26.3 Å². The Morgan fingerprint density at radius 3 is 0.680 bits per heavy atom. The number of Topliss-reactive ketones (excluding diaryl/α,β-unsaturated/α-hetero) is 3. The molecule has 9 aliphatic rings. The third-order valence-corrected chi connectivity index (χ3v) is 34.6. The number of ether oxygens (including phenoxy) is 3. The summed E-state index contributed by atoms with van der Waals surface area (Å²) in [6.45, 7) is 50.8. The molecular formula is C110H172F6O6. The lowest BCUT2D eigenvalue weighted by molar-refractivity contribution is -0.227. The maximum atomic E-state index is 15.4. The predicted octanol–water partition coefficient (Wildman–Crippen LogP) is 34.3. The molecule has 0 unspecified atom stereocenters. The third-order valence-electron chi connectivity index (χ3n) is 34.6. The van der Waals surface area contributed by atoms with E-state index in [1.807, 2.05) is 123 Å². The van der Waals surface area contributed by atoms with Gasteiger partial charge in [-0.15, -0.1) is 0 Å². The molecule has 4 aromatic rings. The minimum atomic E-state index is -3.18. The van der Waals surface area contributed by atoms with Crippen LogP contribution < -0.4 is 14.2 Å². The Labute approximate surface area is 740 Å². The van der Waals surface area contributed by atoms with E-state index in [0.29, 0.717) is 147 Å². The Morgan fingerprint density at radius 2 is 0.434 bits per heavy atom. The first-order valence-electron chi connectivity index (χ1n) is 49.8. The van der Waals surface area contributed by atoms with Crippen molar-refractivity contribution in [3.63, 3.8) is 0 Å². The molecule has 0 aliphatic heterocycles. The number of hydrogen-bond donors (Lipinski definition) is 0. The molecule has 0 aromatic heterocycles. The Hall–Kier alpha value is -5.13. The van der Waals surface area contributed by atoms with Gasteiger partial charge in [-0.05, 0) is 336 Å². The second-order valence-corrected chi connectivity index (χ2v) is 42.0. The minimum Gasteiger partial charge on any atom is -0.432 e. The van der Waals surface area contributed by atoms with E-state index in [0.717, 1.165) is 112 Å². The maximum Gasteiger partial charge on any atom is 0.400 e. The molecule has 0 spiro atoms. The summed E-state index contributed by atoms with van der Waals surface area (Å²) >= 11 is 0. The van der Waals surface area contributed by atoms with E-state index < -0.39 is 36.1 Å². The lowest BCUT2D eigenvalue weighted by Crippen LogP contribution is -2.47. The maximum absolute atomic E-state index is 15.4. The van der Waals surface area contributed by atoms with E-state index in [1.165, 1.54) is 93.7 Å². The van der Waals surface area contributed by atoms with Gasteiger partial charge >= 0.3 is 18.3 Å². The second kappa shape index (κ2) is 46.2. The van der Waals surface area contributed by atoms with E-state index in [4.69, 9.17) is 14.2 Å². The summed E-state index contributed by atoms with van der Waals surface area (Å²) in [4.78, 5) is 35.3. The van der Waals surface area contributed by atoms with Crippen LogP contribution in [0.3, 0.4) is 0 Å². The minimum absolute atomic E-state index is 0.0188. The van der Waals surface area contributed by atoms with E-state index in [2.05, 4.69) is 96.9 Å². The Morgan fingerprint density at radius 1 is 0.246 bits per heavy atom. The van der Waals surface area contributed by atoms with Gasteiger partial charge in [-0.2, -0.15) is 26.3 Å². The van der Waals surface area contributed by atoms with Crippen LogP contribution in [0.2, 0.25) is 0 Å². The van der Waals surface area contributed by atoms with Crippen molar-refractivity contribution in [2.75, 3.05) is 0 Å². The molecule has 9 saturated carbocycles. The summed E-state index contributed by atoms with van der Waals surface area (Å²) in [6, 6.07) is 30.3. The normalized spacial score (nSPS) is 26.6. The van der Waals surface area contributed by atoms with Gasteiger partial charge < -0.3 is 14.2 Å². The van der Waals surface area contributed by atoms with Crippen molar-refractivity contribution in [1.29, 1.82) is 0 Å². The van der Waals surface area contributed by atoms with Crippen LogP contribution in [0.25, 0.3) is 11.1 Å². The van der Waals surface area contributed by atoms with Gasteiger partial charge in [0.25, 0.3) is 0 Å². The van der Waals surface area contributed by atoms with Crippen molar-refractivity contribution in [3.8, 4) is 28.4 Å². The molecule has 0 saturated heterocycles. The lowest BCUT2D eigenvalue weighted by atomic mass is 9.51. The van der Waals surface area contributed by atoms with Gasteiger partial charge in [0.2, 0.25) is 0 Å². The van der Waals surface area contributed by atoms with Gasteiger partial charge in [0.1, 0.15) is 34.6 Å². The monoisotopic (exact) mass is 1700 g/mol. The number of benzene rings is 4. The molecule has 0 amide bonds. The molecule has 9 fully saturated rings. The first kappa shape index (κ1) is 104. The van der Waals surface area contributed by atoms with Crippen molar-refractivity contribution in [3.05, 3.63) is 114 Å². The fourth-order valence-corrected chi connectivity index (χ4v) is 23.7. The highest BCUT2D eigenvalue weighted by molar-refractivity contribution is 5.80. The largest absolute Gasteiger partial charge is 0.432 e. The molecule has 690 valence electrons. The van der Waals surface area contributed by atoms with Crippen LogP contribution >= 0.6 is 0 Å². The lowest BCUT2D eigenvalue weighted by Gasteiger charge is -2.54. The zero-order valence-corrected chi connectivity index (χ0v) is 81.1. The van der Waals surface area contributed by atoms with E-state index in [9.17, 15) is 14.4 Å². The number of hydrogen-bond acceptors (Lipinski definition) is 6. The Kier molecular flexibility index (Phi) is 39.4. The number of rotatable bonds is 22. The zero-order chi connectivity index (χ0) is 90.4. The molecule has 6 nitrogen and oxygen atoms in total. The number of carbonyl (C=O) groups excluding carboxylic acids is 3. The van der Waals surface area contributed by atoms with Crippen LogP contribution in [0.5, 0.6) is 17.2 Å². The highest BCUT2D eigenvalue weighted by Gasteiger charge is 2.56. The van der Waals surface area contributed by atoms with E-state index in [1.54, 1.807) is 36.4 Å². The number of carbonyl (C=O) groups is 3. The highest BCUT2D eigenvalue weighted by Crippen LogP contribution is 2.61. The SMILES string of the molecule is CC.CC.CC.CC.CC1CCC(C2CCC(c3ccc(OC(F)(F)C4CCC(C(C)(C)C(C)(C)C5CCC(=O)CC5)CC4)cc3)CC2)CC1.CC1CCC(c2ccc(OC(F)(F)C3CCC(C(C)(C)C(C)(C)C4CCC(=O)CC4)CC3)cc2)CC1.Cc1ccc(-c2ccc(OC(F)(F)C3CCC(C(C)(C)C(C)(C)C4CCC(=O)CC4)CC3)cc2)cc1. The summed E-state index contributed by atoms with van der Waals surface area (Å²) in [5.74, 6) is 7.10. The van der Waals surface area contributed by atoms with Crippen molar-refractivity contribution in [2.45, 2.75) is 421 Å². The van der Waals surface area contributed by atoms with Crippen molar-refractivity contribution >= 4 is 17.3 Å². The predicted molar refractivity (Wildman–Crippen MR) is 498 cm³/mol. The van der Waals surface area contributed by atoms with E-state index in [-0.39, 0.29) is 44.0 Å². The number of aryl methyl sites for hydroxylation is 1. The molecule has 12 heteroatoms. The number of ketones is 3. The molecule has 0 bridgehead atoms. The van der Waals surface area contributed by atoms with Crippen LogP contribution in [-0.2, 0) is 14.4 Å². The summed E-state index contributed by atoms with van der Waals surface area (Å²) in [7, 11) is 0. The van der Waals surface area contributed by atoms with Crippen molar-refractivity contribution in [1.82, 2.24) is 0 Å². The summed E-state index contributed by atoms with van der Waals surface area (Å²) in [6.07, 6.45) is 23.8. The van der Waals surface area contributed by atoms with Gasteiger partial charge in [-0.1, -0.05) is 244 Å². The smallest absolute Gasteiger partial charge is 0.400 e. The summed E-state index contributed by atoms with van der Waals surface area (Å²) < 4.78 is 108. The summed E-state index contributed by atoms with van der Waals surface area (Å²) in [5, 5.41) is 0. The topological polar surface area (TPSA) is 78.9 Å². The van der Waals surface area contributed by atoms with Crippen LogP contribution in [0.15, 0.2) is 97.1 Å². The molecule has 0 atom stereocenters. The first-order valence-corrected chi connectivity index (χ1v) is 49.8. The molecule has 0 N–H and O–H groups in total. The summed E-state index contributed by atoms with van der Waals surface area (Å²) in [5.41, 5.74) is 6.05. The molecule has 9 aliphatic carbocycles. The van der Waals surface area contributed by atoms with E-state index >= 15 is 26.3 Å². The van der Waals surface area contributed by atoms with Gasteiger partial charge in [0.15, 0.2) is 0 Å². The average molecular weight is 1700 g/mol.